The highest BCUT2D eigenvalue weighted by molar-refractivity contribution is 7.12. The number of nitrogens with one attached hydrogen (secondary N) is 1. The van der Waals surface area contributed by atoms with Gasteiger partial charge in [-0.25, -0.2) is 4.79 Å². The summed E-state index contributed by atoms with van der Waals surface area (Å²) in [6.45, 7) is -0.346. The van der Waals surface area contributed by atoms with Crippen LogP contribution in [0.5, 0.6) is 0 Å². The lowest BCUT2D eigenvalue weighted by Gasteiger charge is -2.14. The minimum atomic E-state index is -0.550. The van der Waals surface area contributed by atoms with Crippen molar-refractivity contribution in [1.82, 2.24) is 4.90 Å². The van der Waals surface area contributed by atoms with E-state index in [2.05, 4.69) is 10.1 Å². The summed E-state index contributed by atoms with van der Waals surface area (Å²) in [7, 11) is 1.25. The molecular weight excluding hydrogens is 332 g/mol. The second-order valence-electron chi connectivity index (χ2n) is 5.62. The summed E-state index contributed by atoms with van der Waals surface area (Å²) in [6, 6.07) is 1.58. The molecule has 8 heteroatoms. The van der Waals surface area contributed by atoms with Crippen molar-refractivity contribution in [1.29, 1.82) is 0 Å². The van der Waals surface area contributed by atoms with Crippen molar-refractivity contribution in [3.8, 4) is 0 Å². The van der Waals surface area contributed by atoms with Crippen LogP contribution in [0.1, 0.15) is 22.5 Å². The maximum atomic E-state index is 12.3. The SMILES string of the molecule is COC(=O)c1sccc1NC(=O)CN1C(=O)C2CC=CCC2C1=O. The monoisotopic (exact) mass is 348 g/mol. The van der Waals surface area contributed by atoms with Crippen molar-refractivity contribution in [2.24, 2.45) is 11.8 Å². The van der Waals surface area contributed by atoms with Gasteiger partial charge in [-0.3, -0.25) is 19.3 Å². The highest BCUT2D eigenvalue weighted by atomic mass is 32.1. The number of carbonyl (C=O) groups is 4. The molecule has 1 aromatic rings. The van der Waals surface area contributed by atoms with Gasteiger partial charge in [0.2, 0.25) is 17.7 Å². The van der Waals surface area contributed by atoms with Crippen LogP contribution in [0.15, 0.2) is 23.6 Å². The second kappa shape index (κ2) is 6.56. The van der Waals surface area contributed by atoms with Crippen LogP contribution in [0.2, 0.25) is 0 Å². The number of anilines is 1. The quantitative estimate of drug-likeness (QED) is 0.505. The number of amides is 3. The smallest absolute Gasteiger partial charge is 0.350 e. The van der Waals surface area contributed by atoms with E-state index in [1.807, 2.05) is 12.2 Å². The lowest BCUT2D eigenvalue weighted by molar-refractivity contribution is -0.142. The summed E-state index contributed by atoms with van der Waals surface area (Å²) in [5.74, 6) is -2.40. The minimum Gasteiger partial charge on any atom is -0.465 e. The maximum Gasteiger partial charge on any atom is 0.350 e. The number of hydrogen-bond donors (Lipinski definition) is 1. The molecule has 0 spiro atoms. The fourth-order valence-electron chi connectivity index (χ4n) is 3.02. The number of hydrogen-bond acceptors (Lipinski definition) is 6. The van der Waals surface area contributed by atoms with E-state index in [-0.39, 0.29) is 35.1 Å². The summed E-state index contributed by atoms with van der Waals surface area (Å²) in [5, 5.41) is 4.21. The molecule has 2 aliphatic rings. The molecule has 0 bridgehead atoms. The largest absolute Gasteiger partial charge is 0.465 e. The Kier molecular flexibility index (Phi) is 4.48. The van der Waals surface area contributed by atoms with Crippen LogP contribution < -0.4 is 5.32 Å². The first-order valence-electron chi connectivity index (χ1n) is 7.48. The highest BCUT2D eigenvalue weighted by Crippen LogP contribution is 2.35. The third kappa shape index (κ3) is 2.84. The van der Waals surface area contributed by atoms with Crippen LogP contribution in [0.25, 0.3) is 0 Å². The van der Waals surface area contributed by atoms with E-state index >= 15 is 0 Å². The van der Waals surface area contributed by atoms with Crippen molar-refractivity contribution in [3.05, 3.63) is 28.5 Å². The minimum absolute atomic E-state index is 0.266. The van der Waals surface area contributed by atoms with E-state index in [1.54, 1.807) is 11.4 Å². The molecule has 1 aliphatic carbocycles. The molecule has 24 heavy (non-hydrogen) atoms. The Morgan fingerprint density at radius 2 is 1.88 bits per heavy atom. The van der Waals surface area contributed by atoms with Crippen LogP contribution in [-0.4, -0.2) is 42.2 Å². The molecule has 126 valence electrons. The third-order valence-electron chi connectivity index (χ3n) is 4.21. The zero-order valence-corrected chi connectivity index (χ0v) is 13.8. The van der Waals surface area contributed by atoms with E-state index in [1.165, 1.54) is 7.11 Å². The van der Waals surface area contributed by atoms with E-state index < -0.39 is 11.9 Å². The molecule has 1 N–H and O–H groups in total. The summed E-state index contributed by atoms with van der Waals surface area (Å²) >= 11 is 1.14. The van der Waals surface area contributed by atoms with Crippen molar-refractivity contribution in [3.63, 3.8) is 0 Å². The van der Waals surface area contributed by atoms with Crippen LogP contribution in [0.4, 0.5) is 5.69 Å². The number of imide groups is 1. The molecule has 1 saturated heterocycles. The lowest BCUT2D eigenvalue weighted by atomic mass is 9.85. The molecule has 1 fully saturated rings. The van der Waals surface area contributed by atoms with Crippen LogP contribution in [-0.2, 0) is 19.1 Å². The molecule has 2 heterocycles. The van der Waals surface area contributed by atoms with Gasteiger partial charge in [0.05, 0.1) is 24.6 Å². The average molecular weight is 348 g/mol. The number of carbonyl (C=O) groups excluding carboxylic acids is 4. The fourth-order valence-corrected chi connectivity index (χ4v) is 3.78. The lowest BCUT2D eigenvalue weighted by Crippen LogP contribution is -2.38. The topological polar surface area (TPSA) is 92.8 Å². The number of rotatable bonds is 4. The standard InChI is InChI=1S/C16H16N2O5S/c1-23-16(22)13-11(6-7-24-13)17-12(19)8-18-14(20)9-4-2-3-5-10(9)15(18)21/h2-3,6-7,9-10H,4-5,8H2,1H3,(H,17,19). The highest BCUT2D eigenvalue weighted by Gasteiger charge is 2.47. The van der Waals surface area contributed by atoms with E-state index in [0.29, 0.717) is 18.5 Å². The zero-order chi connectivity index (χ0) is 17.3. The first-order valence-corrected chi connectivity index (χ1v) is 8.36. The molecule has 1 aliphatic heterocycles. The second-order valence-corrected chi connectivity index (χ2v) is 6.54. The summed E-state index contributed by atoms with van der Waals surface area (Å²) in [4.78, 5) is 49.8. The number of methoxy groups -OCH3 is 1. The zero-order valence-electron chi connectivity index (χ0n) is 13.0. The van der Waals surface area contributed by atoms with Gasteiger partial charge in [0, 0.05) is 0 Å². The molecule has 7 nitrogen and oxygen atoms in total. The average Bonchev–Trinajstić information content (AvgIpc) is 3.13. The Labute approximate surface area is 142 Å². The molecule has 2 unspecified atom stereocenters. The molecule has 0 aromatic carbocycles. The Bertz CT molecular complexity index is 713. The van der Waals surface area contributed by atoms with Gasteiger partial charge in [-0.05, 0) is 24.3 Å². The van der Waals surface area contributed by atoms with Gasteiger partial charge in [-0.2, -0.15) is 0 Å². The Hall–Kier alpha value is -2.48. The maximum absolute atomic E-state index is 12.3. The molecule has 0 radical (unpaired) electrons. The van der Waals surface area contributed by atoms with Gasteiger partial charge in [0.1, 0.15) is 11.4 Å². The first-order chi connectivity index (χ1) is 11.5. The van der Waals surface area contributed by atoms with Crippen LogP contribution >= 0.6 is 11.3 Å². The molecule has 1 aromatic heterocycles. The van der Waals surface area contributed by atoms with Gasteiger partial charge in [0.15, 0.2) is 0 Å². The Balaban J connectivity index is 1.68. The van der Waals surface area contributed by atoms with E-state index in [0.717, 1.165) is 16.2 Å². The molecule has 3 amide bonds. The van der Waals surface area contributed by atoms with Gasteiger partial charge in [-0.15, -0.1) is 11.3 Å². The predicted octanol–water partition coefficient (Wildman–Crippen LogP) is 1.42. The number of ether oxygens (including phenoxy) is 1. The van der Waals surface area contributed by atoms with Crippen molar-refractivity contribution < 1.29 is 23.9 Å². The van der Waals surface area contributed by atoms with Gasteiger partial charge < -0.3 is 10.1 Å². The third-order valence-corrected chi connectivity index (χ3v) is 5.11. The van der Waals surface area contributed by atoms with Crippen LogP contribution in [0, 0.1) is 11.8 Å². The molecular formula is C16H16N2O5S. The number of thiophene rings is 1. The summed E-state index contributed by atoms with van der Waals surface area (Å²) in [6.07, 6.45) is 4.85. The Morgan fingerprint density at radius 1 is 1.25 bits per heavy atom. The first kappa shape index (κ1) is 16.4. The number of esters is 1. The van der Waals surface area contributed by atoms with Crippen molar-refractivity contribution in [2.45, 2.75) is 12.8 Å². The fraction of sp³-hybridized carbons (Fsp3) is 0.375. The molecule has 0 saturated carbocycles. The van der Waals surface area contributed by atoms with E-state index in [9.17, 15) is 19.2 Å². The molecule has 2 atom stereocenters. The van der Waals surface area contributed by atoms with Gasteiger partial charge >= 0.3 is 5.97 Å². The van der Waals surface area contributed by atoms with Gasteiger partial charge in [0.25, 0.3) is 0 Å². The normalized spacial score (nSPS) is 22.5. The number of fused-ring (bicyclic) bond motifs is 1. The summed E-state index contributed by atoms with van der Waals surface area (Å²) in [5.41, 5.74) is 0.315. The number of likely N-dealkylation sites (tertiary alicyclic amines) is 1. The van der Waals surface area contributed by atoms with E-state index in [4.69, 9.17) is 0 Å². The van der Waals surface area contributed by atoms with Crippen molar-refractivity contribution in [2.75, 3.05) is 19.0 Å². The Morgan fingerprint density at radius 3 is 2.46 bits per heavy atom. The predicted molar refractivity (Wildman–Crippen MR) is 86.4 cm³/mol. The number of allylic oxidation sites excluding steroid dienone is 2. The molecule has 3 rings (SSSR count). The number of nitrogens with zero attached hydrogens (tertiary/aromatic N) is 1. The van der Waals surface area contributed by atoms with Crippen LogP contribution in [0.3, 0.4) is 0 Å². The van der Waals surface area contributed by atoms with Crippen molar-refractivity contribution >= 4 is 40.7 Å². The summed E-state index contributed by atoms with van der Waals surface area (Å²) < 4.78 is 4.64. The van der Waals surface area contributed by atoms with Gasteiger partial charge in [-0.1, -0.05) is 12.2 Å².